The average Bonchev–Trinajstić information content (AvgIpc) is 2.61. The Labute approximate surface area is 160 Å². The highest BCUT2D eigenvalue weighted by molar-refractivity contribution is 5.84. The lowest BCUT2D eigenvalue weighted by Crippen LogP contribution is -2.47. The molecule has 2 rings (SSSR count). The molecule has 0 bridgehead atoms. The van der Waals surface area contributed by atoms with E-state index in [1.807, 2.05) is 0 Å². The summed E-state index contributed by atoms with van der Waals surface area (Å²) in [7, 11) is 1.54. The van der Waals surface area contributed by atoms with Crippen molar-refractivity contribution < 1.29 is 29.6 Å². The minimum Gasteiger partial charge on any atom is -0.481 e. The third-order valence-electron chi connectivity index (χ3n) is 7.13. The lowest BCUT2D eigenvalue weighted by Gasteiger charge is -2.47. The lowest BCUT2D eigenvalue weighted by molar-refractivity contribution is -0.257. The fourth-order valence-electron chi connectivity index (χ4n) is 5.66. The number of Topliss-reactive ketones (excluding diaryl/α,β-unsaturated/α-hetero) is 1. The third kappa shape index (κ3) is 4.69. The number of carbonyl (C=O) groups excluding carboxylic acids is 2. The van der Waals surface area contributed by atoms with Crippen molar-refractivity contribution in [2.45, 2.75) is 46.5 Å². The second kappa shape index (κ2) is 9.15. The largest absolute Gasteiger partial charge is 0.481 e. The van der Waals surface area contributed by atoms with Crippen LogP contribution in [0.3, 0.4) is 0 Å². The Morgan fingerprint density at radius 2 is 1.52 bits per heavy atom. The molecule has 2 aliphatic carbocycles. The van der Waals surface area contributed by atoms with Gasteiger partial charge in [0, 0.05) is 13.0 Å². The summed E-state index contributed by atoms with van der Waals surface area (Å²) < 4.78 is 0. The molecule has 8 unspecified atom stereocenters. The summed E-state index contributed by atoms with van der Waals surface area (Å²) in [6, 6.07) is 0. The molecule has 1 amide bonds. The van der Waals surface area contributed by atoms with E-state index in [0.717, 1.165) is 12.8 Å². The van der Waals surface area contributed by atoms with Crippen LogP contribution in [-0.4, -0.2) is 41.7 Å². The molecule has 8 atom stereocenters. The maximum Gasteiger partial charge on any atom is 0.307 e. The summed E-state index contributed by atoms with van der Waals surface area (Å²) in [6.07, 6.45) is 2.49. The Morgan fingerprint density at radius 3 is 2.00 bits per heavy atom. The van der Waals surface area contributed by atoms with Crippen molar-refractivity contribution in [1.29, 1.82) is 0 Å². The van der Waals surface area contributed by atoms with Crippen LogP contribution in [0.2, 0.25) is 0 Å². The van der Waals surface area contributed by atoms with Gasteiger partial charge in [0.15, 0.2) is 0 Å². The van der Waals surface area contributed by atoms with Gasteiger partial charge in [-0.05, 0) is 62.2 Å². The first kappa shape index (κ1) is 21.8. The molecule has 2 aliphatic rings. The number of hydrogen-bond donors (Lipinski definition) is 3. The normalized spacial score (nSPS) is 39.6. The van der Waals surface area contributed by atoms with E-state index in [2.05, 4.69) is 24.1 Å². The van der Waals surface area contributed by atoms with Crippen LogP contribution >= 0.6 is 0 Å². The second-order valence-corrected chi connectivity index (χ2v) is 8.66. The number of carbonyl (C=O) groups is 3. The van der Waals surface area contributed by atoms with E-state index in [-0.39, 0.29) is 53.8 Å². The molecular formula is C20H33NO6. The van der Waals surface area contributed by atoms with Crippen molar-refractivity contribution in [3.8, 4) is 0 Å². The molecule has 7 heteroatoms. The van der Waals surface area contributed by atoms with Crippen molar-refractivity contribution in [1.82, 2.24) is 5.32 Å². The highest BCUT2D eigenvalue weighted by Crippen LogP contribution is 2.50. The number of aliphatic carboxylic acids is 1. The van der Waals surface area contributed by atoms with E-state index in [9.17, 15) is 19.5 Å². The van der Waals surface area contributed by atoms with Gasteiger partial charge in [-0.25, -0.2) is 4.89 Å². The van der Waals surface area contributed by atoms with E-state index in [1.54, 1.807) is 14.0 Å². The molecule has 0 saturated heterocycles. The maximum absolute atomic E-state index is 12.2. The molecule has 0 aliphatic heterocycles. The van der Waals surface area contributed by atoms with E-state index < -0.39 is 17.8 Å². The van der Waals surface area contributed by atoms with Crippen molar-refractivity contribution in [2.24, 2.45) is 47.3 Å². The first-order valence-electron chi connectivity index (χ1n) is 9.92. The van der Waals surface area contributed by atoms with Crippen LogP contribution < -0.4 is 5.32 Å². The van der Waals surface area contributed by atoms with E-state index in [0.29, 0.717) is 12.8 Å². The highest BCUT2D eigenvalue weighted by Gasteiger charge is 2.48. The molecule has 0 aromatic carbocycles. The zero-order valence-corrected chi connectivity index (χ0v) is 16.7. The number of carboxylic acids is 1. The molecule has 3 N–H and O–H groups in total. The predicted molar refractivity (Wildman–Crippen MR) is 98.7 cm³/mol. The standard InChI is InChI=1S/C20H33NO6/c1-10-5-16(12(3)22)13(9-27-26)7-14(10)15-8-18(20(24)25)17(6-11(15)2)19(23)21-4/h10-11,13-18,26H,5-9H2,1-4H3,(H,21,23)(H,24,25). The SMILES string of the molecule is CNC(=O)C1CC(C)C(C2CC(COO)C(C(C)=O)CC2C)CC1C(=O)O. The predicted octanol–water partition coefficient (Wildman–Crippen LogP) is 2.45. The summed E-state index contributed by atoms with van der Waals surface area (Å²) in [5.41, 5.74) is 0. The first-order valence-corrected chi connectivity index (χ1v) is 9.92. The van der Waals surface area contributed by atoms with E-state index >= 15 is 0 Å². The molecule has 27 heavy (non-hydrogen) atoms. The van der Waals surface area contributed by atoms with Gasteiger partial charge in [-0.1, -0.05) is 13.8 Å². The minimum atomic E-state index is -0.916. The van der Waals surface area contributed by atoms with Crippen LogP contribution in [-0.2, 0) is 19.3 Å². The smallest absolute Gasteiger partial charge is 0.307 e. The number of rotatable bonds is 6. The fourth-order valence-corrected chi connectivity index (χ4v) is 5.66. The van der Waals surface area contributed by atoms with Crippen molar-refractivity contribution >= 4 is 17.7 Å². The van der Waals surface area contributed by atoms with Gasteiger partial charge >= 0.3 is 5.97 Å². The molecule has 0 heterocycles. The Balaban J connectivity index is 2.21. The van der Waals surface area contributed by atoms with E-state index in [4.69, 9.17) is 5.26 Å². The minimum absolute atomic E-state index is 0.0548. The molecule has 2 saturated carbocycles. The van der Waals surface area contributed by atoms with Crippen molar-refractivity contribution in [2.75, 3.05) is 13.7 Å². The van der Waals surface area contributed by atoms with Gasteiger partial charge in [-0.2, -0.15) is 0 Å². The molecule has 0 aromatic heterocycles. The monoisotopic (exact) mass is 383 g/mol. The number of hydrogen-bond acceptors (Lipinski definition) is 5. The Morgan fingerprint density at radius 1 is 0.963 bits per heavy atom. The molecule has 0 spiro atoms. The summed E-state index contributed by atoms with van der Waals surface area (Å²) in [4.78, 5) is 40.4. The Kier molecular flexibility index (Phi) is 7.40. The molecular weight excluding hydrogens is 350 g/mol. The van der Waals surface area contributed by atoms with Crippen LogP contribution in [0.25, 0.3) is 0 Å². The van der Waals surface area contributed by atoms with Crippen LogP contribution in [0.15, 0.2) is 0 Å². The maximum atomic E-state index is 12.2. The van der Waals surface area contributed by atoms with Gasteiger partial charge < -0.3 is 10.4 Å². The first-order chi connectivity index (χ1) is 12.7. The van der Waals surface area contributed by atoms with Gasteiger partial charge in [-0.15, -0.1) is 0 Å². The number of nitrogens with one attached hydrogen (secondary N) is 1. The second-order valence-electron chi connectivity index (χ2n) is 8.66. The average molecular weight is 383 g/mol. The van der Waals surface area contributed by atoms with Crippen LogP contribution in [0.4, 0.5) is 0 Å². The molecule has 7 nitrogen and oxygen atoms in total. The summed E-state index contributed by atoms with van der Waals surface area (Å²) in [5, 5.41) is 21.2. The summed E-state index contributed by atoms with van der Waals surface area (Å²) in [5.74, 6) is -1.44. The van der Waals surface area contributed by atoms with Crippen LogP contribution in [0.1, 0.15) is 46.5 Å². The molecule has 154 valence electrons. The topological polar surface area (TPSA) is 113 Å². The van der Waals surface area contributed by atoms with Gasteiger partial charge in [0.25, 0.3) is 0 Å². The fraction of sp³-hybridized carbons (Fsp3) is 0.850. The number of amides is 1. The lowest BCUT2D eigenvalue weighted by atomic mass is 9.57. The number of carboxylic acid groups (broad SMARTS) is 1. The zero-order valence-electron chi connectivity index (χ0n) is 16.7. The van der Waals surface area contributed by atoms with Crippen molar-refractivity contribution in [3.63, 3.8) is 0 Å². The van der Waals surface area contributed by atoms with Crippen LogP contribution in [0, 0.1) is 47.3 Å². The van der Waals surface area contributed by atoms with E-state index in [1.165, 1.54) is 0 Å². The Hall–Kier alpha value is -1.47. The van der Waals surface area contributed by atoms with Gasteiger partial charge in [0.2, 0.25) is 5.91 Å². The quantitative estimate of drug-likeness (QED) is 0.480. The molecule has 2 fully saturated rings. The summed E-state index contributed by atoms with van der Waals surface area (Å²) in [6.45, 7) is 5.93. The third-order valence-corrected chi connectivity index (χ3v) is 7.13. The molecule has 0 aromatic rings. The Bertz CT molecular complexity index is 565. The van der Waals surface area contributed by atoms with Crippen LogP contribution in [0.5, 0.6) is 0 Å². The molecule has 0 radical (unpaired) electrons. The van der Waals surface area contributed by atoms with Gasteiger partial charge in [0.1, 0.15) is 5.78 Å². The number of ketones is 1. The van der Waals surface area contributed by atoms with Crippen molar-refractivity contribution in [3.05, 3.63) is 0 Å². The highest BCUT2D eigenvalue weighted by atomic mass is 17.1. The van der Waals surface area contributed by atoms with Gasteiger partial charge in [0.05, 0.1) is 18.4 Å². The summed E-state index contributed by atoms with van der Waals surface area (Å²) >= 11 is 0. The van der Waals surface area contributed by atoms with Gasteiger partial charge in [-0.3, -0.25) is 19.6 Å². The zero-order chi connectivity index (χ0) is 20.3.